The number of rotatable bonds is 4. The van der Waals surface area contributed by atoms with Gasteiger partial charge in [-0.1, -0.05) is 36.4 Å². The lowest BCUT2D eigenvalue weighted by molar-refractivity contribution is -0.116. The Morgan fingerprint density at radius 1 is 1.08 bits per heavy atom. The van der Waals surface area contributed by atoms with Gasteiger partial charge in [-0.25, -0.2) is 12.7 Å². The van der Waals surface area contributed by atoms with E-state index in [4.69, 9.17) is 0 Å². The second-order valence-electron chi connectivity index (χ2n) is 5.44. The van der Waals surface area contributed by atoms with Crippen LogP contribution in [0.3, 0.4) is 0 Å². The van der Waals surface area contributed by atoms with Crippen molar-refractivity contribution >= 4 is 27.5 Å². The predicted molar refractivity (Wildman–Crippen MR) is 89.9 cm³/mol. The summed E-state index contributed by atoms with van der Waals surface area (Å²) in [6, 6.07) is 15.5. The number of anilines is 1. The second-order valence-corrected chi connectivity index (χ2v) is 7.38. The molecule has 0 aromatic heterocycles. The number of carbonyl (C=O) groups excluding carboxylic acids is 2. The normalized spacial score (nSPS) is 16.2. The number of sulfonamides is 1. The van der Waals surface area contributed by atoms with Gasteiger partial charge in [-0.05, 0) is 23.8 Å². The summed E-state index contributed by atoms with van der Waals surface area (Å²) >= 11 is 0. The molecule has 2 aromatic carbocycles. The molecule has 0 bridgehead atoms. The zero-order valence-corrected chi connectivity index (χ0v) is 13.6. The summed E-state index contributed by atoms with van der Waals surface area (Å²) < 4.78 is 24.7. The summed E-state index contributed by atoms with van der Waals surface area (Å²) in [4.78, 5) is 24.1. The molecule has 7 heteroatoms. The Labute approximate surface area is 140 Å². The fraction of sp³-hybridized carbons (Fsp3) is 0.176. The van der Waals surface area contributed by atoms with Crippen LogP contribution in [0.15, 0.2) is 54.6 Å². The van der Waals surface area contributed by atoms with Crippen LogP contribution >= 0.6 is 0 Å². The summed E-state index contributed by atoms with van der Waals surface area (Å²) in [5, 5.41) is 2.77. The predicted octanol–water partition coefficient (Wildman–Crippen LogP) is 1.68. The SMILES string of the molecule is O=C(NCc1ccccc1)c1cccc(N2C(=O)CCS2(=O)=O)c1. The third-order valence-corrected chi connectivity index (χ3v) is 5.41. The molecule has 124 valence electrons. The zero-order chi connectivity index (χ0) is 17.2. The molecule has 1 fully saturated rings. The van der Waals surface area contributed by atoms with Crippen molar-refractivity contribution in [2.75, 3.05) is 10.1 Å². The summed E-state index contributed by atoms with van der Waals surface area (Å²) in [5.41, 5.74) is 1.46. The van der Waals surface area contributed by atoms with E-state index in [1.807, 2.05) is 30.3 Å². The van der Waals surface area contributed by atoms with Crippen molar-refractivity contribution in [3.05, 3.63) is 65.7 Å². The zero-order valence-electron chi connectivity index (χ0n) is 12.8. The maximum atomic E-state index is 12.3. The van der Waals surface area contributed by atoms with Crippen molar-refractivity contribution in [2.24, 2.45) is 0 Å². The third kappa shape index (κ3) is 3.30. The fourth-order valence-electron chi connectivity index (χ4n) is 2.52. The lowest BCUT2D eigenvalue weighted by Crippen LogP contribution is -2.30. The van der Waals surface area contributed by atoms with E-state index in [0.717, 1.165) is 9.87 Å². The Hall–Kier alpha value is -2.67. The first-order chi connectivity index (χ1) is 11.5. The van der Waals surface area contributed by atoms with Crippen LogP contribution in [0, 0.1) is 0 Å². The van der Waals surface area contributed by atoms with Crippen molar-refractivity contribution in [3.63, 3.8) is 0 Å². The smallest absolute Gasteiger partial charge is 0.251 e. The average Bonchev–Trinajstić information content (AvgIpc) is 2.86. The maximum absolute atomic E-state index is 12.3. The van der Waals surface area contributed by atoms with Gasteiger partial charge in [0.05, 0.1) is 11.4 Å². The molecule has 3 rings (SSSR count). The molecule has 24 heavy (non-hydrogen) atoms. The Kier molecular flexibility index (Phi) is 4.35. The van der Waals surface area contributed by atoms with Crippen LogP contribution in [0.1, 0.15) is 22.3 Å². The minimum atomic E-state index is -3.63. The highest BCUT2D eigenvalue weighted by Gasteiger charge is 2.36. The lowest BCUT2D eigenvalue weighted by atomic mass is 10.1. The van der Waals surface area contributed by atoms with Gasteiger partial charge in [0.25, 0.3) is 5.91 Å². The molecule has 0 atom stereocenters. The molecule has 0 saturated carbocycles. The Morgan fingerprint density at radius 3 is 2.50 bits per heavy atom. The van der Waals surface area contributed by atoms with Crippen LogP contribution in [0.25, 0.3) is 0 Å². The van der Waals surface area contributed by atoms with E-state index in [2.05, 4.69) is 5.32 Å². The molecule has 1 N–H and O–H groups in total. The molecule has 1 saturated heterocycles. The quantitative estimate of drug-likeness (QED) is 0.915. The standard InChI is InChI=1S/C17H16N2O4S/c20-16-9-10-24(22,23)19(16)15-8-4-7-14(11-15)17(21)18-12-13-5-2-1-3-6-13/h1-8,11H,9-10,12H2,(H,18,21). The van der Waals surface area contributed by atoms with Crippen LogP contribution < -0.4 is 9.62 Å². The molecular formula is C17H16N2O4S. The van der Waals surface area contributed by atoms with Gasteiger partial charge >= 0.3 is 0 Å². The van der Waals surface area contributed by atoms with E-state index in [9.17, 15) is 18.0 Å². The van der Waals surface area contributed by atoms with E-state index in [1.165, 1.54) is 12.1 Å². The second kappa shape index (κ2) is 6.45. The first-order valence-corrected chi connectivity index (χ1v) is 9.06. The first kappa shape index (κ1) is 16.2. The molecule has 2 aromatic rings. The Morgan fingerprint density at radius 2 is 1.83 bits per heavy atom. The van der Waals surface area contributed by atoms with Crippen molar-refractivity contribution < 1.29 is 18.0 Å². The topological polar surface area (TPSA) is 83.6 Å². The van der Waals surface area contributed by atoms with E-state index in [-0.39, 0.29) is 23.8 Å². The average molecular weight is 344 g/mol. The number of hydrogen-bond acceptors (Lipinski definition) is 4. The van der Waals surface area contributed by atoms with Gasteiger partial charge in [0.2, 0.25) is 15.9 Å². The first-order valence-electron chi connectivity index (χ1n) is 7.45. The van der Waals surface area contributed by atoms with E-state index < -0.39 is 15.9 Å². The maximum Gasteiger partial charge on any atom is 0.251 e. The molecule has 0 radical (unpaired) electrons. The number of benzene rings is 2. The molecule has 1 heterocycles. The van der Waals surface area contributed by atoms with Gasteiger partial charge in [-0.3, -0.25) is 9.59 Å². The third-order valence-electron chi connectivity index (χ3n) is 3.72. The highest BCUT2D eigenvalue weighted by molar-refractivity contribution is 7.94. The van der Waals surface area contributed by atoms with Crippen molar-refractivity contribution in [3.8, 4) is 0 Å². The summed E-state index contributed by atoms with van der Waals surface area (Å²) in [7, 11) is -3.63. The lowest BCUT2D eigenvalue weighted by Gasteiger charge is -2.15. The molecule has 0 aliphatic carbocycles. The van der Waals surface area contributed by atoms with Gasteiger partial charge in [0.15, 0.2) is 0 Å². The van der Waals surface area contributed by atoms with Crippen LogP contribution in [0.5, 0.6) is 0 Å². The monoisotopic (exact) mass is 344 g/mol. The van der Waals surface area contributed by atoms with E-state index >= 15 is 0 Å². The Bertz CT molecular complexity index is 878. The van der Waals surface area contributed by atoms with Crippen LogP contribution in [-0.4, -0.2) is 26.0 Å². The van der Waals surface area contributed by atoms with Gasteiger partial charge in [0, 0.05) is 18.5 Å². The van der Waals surface area contributed by atoms with Crippen LogP contribution in [0.2, 0.25) is 0 Å². The van der Waals surface area contributed by atoms with Gasteiger partial charge in [-0.15, -0.1) is 0 Å². The number of carbonyl (C=O) groups is 2. The van der Waals surface area contributed by atoms with Crippen LogP contribution in [0.4, 0.5) is 5.69 Å². The minimum Gasteiger partial charge on any atom is -0.348 e. The van der Waals surface area contributed by atoms with Crippen molar-refractivity contribution in [2.45, 2.75) is 13.0 Å². The summed E-state index contributed by atoms with van der Waals surface area (Å²) in [5.74, 6) is -1.00. The molecule has 6 nitrogen and oxygen atoms in total. The molecule has 2 amide bonds. The number of nitrogens with zero attached hydrogens (tertiary/aromatic N) is 1. The minimum absolute atomic E-state index is 0.0350. The van der Waals surface area contributed by atoms with E-state index in [0.29, 0.717) is 12.1 Å². The molecular weight excluding hydrogens is 328 g/mol. The number of hydrogen-bond donors (Lipinski definition) is 1. The van der Waals surface area contributed by atoms with Crippen molar-refractivity contribution in [1.29, 1.82) is 0 Å². The van der Waals surface area contributed by atoms with Crippen molar-refractivity contribution in [1.82, 2.24) is 5.32 Å². The Balaban J connectivity index is 1.78. The van der Waals surface area contributed by atoms with Gasteiger partial charge in [0.1, 0.15) is 0 Å². The van der Waals surface area contributed by atoms with E-state index in [1.54, 1.807) is 12.1 Å². The number of amides is 2. The van der Waals surface area contributed by atoms with Gasteiger partial charge in [-0.2, -0.15) is 0 Å². The fourth-order valence-corrected chi connectivity index (χ4v) is 3.97. The molecule has 0 spiro atoms. The summed E-state index contributed by atoms with van der Waals surface area (Å²) in [6.07, 6.45) is -0.0350. The molecule has 1 aliphatic rings. The molecule has 1 aliphatic heterocycles. The largest absolute Gasteiger partial charge is 0.348 e. The highest BCUT2D eigenvalue weighted by Crippen LogP contribution is 2.25. The van der Waals surface area contributed by atoms with Gasteiger partial charge < -0.3 is 5.32 Å². The summed E-state index contributed by atoms with van der Waals surface area (Å²) in [6.45, 7) is 0.366. The highest BCUT2D eigenvalue weighted by atomic mass is 32.2. The number of nitrogens with one attached hydrogen (secondary N) is 1. The van der Waals surface area contributed by atoms with Crippen LogP contribution in [-0.2, 0) is 21.4 Å². The molecule has 0 unspecified atom stereocenters.